The molecule has 0 bridgehead atoms. The van der Waals surface area contributed by atoms with Gasteiger partial charge in [-0.2, -0.15) is 4.98 Å². The topological polar surface area (TPSA) is 85.1 Å². The molecular weight excluding hydrogens is 254 g/mol. The largest absolute Gasteiger partial charge is 0.376 e. The van der Waals surface area contributed by atoms with Crippen LogP contribution in [-0.2, 0) is 4.74 Å². The third-order valence-electron chi connectivity index (χ3n) is 2.92. The number of hydrogen-bond donors (Lipinski definition) is 3. The van der Waals surface area contributed by atoms with Crippen molar-refractivity contribution in [3.8, 4) is 0 Å². The predicted octanol–water partition coefficient (Wildman–Crippen LogP) is 1.79. The van der Waals surface area contributed by atoms with Crippen LogP contribution < -0.4 is 16.6 Å². The third-order valence-corrected chi connectivity index (χ3v) is 3.20. The van der Waals surface area contributed by atoms with Crippen molar-refractivity contribution in [1.29, 1.82) is 0 Å². The Morgan fingerprint density at radius 2 is 2.22 bits per heavy atom. The summed E-state index contributed by atoms with van der Waals surface area (Å²) in [6.45, 7) is 1.31. The highest BCUT2D eigenvalue weighted by molar-refractivity contribution is 6.32. The molecule has 0 aliphatic heterocycles. The lowest BCUT2D eigenvalue weighted by molar-refractivity contribution is 0.0659. The summed E-state index contributed by atoms with van der Waals surface area (Å²) < 4.78 is 5.73. The molecule has 18 heavy (non-hydrogen) atoms. The van der Waals surface area contributed by atoms with Gasteiger partial charge in [0.25, 0.3) is 0 Å². The van der Waals surface area contributed by atoms with Gasteiger partial charge in [-0.05, 0) is 12.8 Å². The molecule has 0 atom stereocenters. The van der Waals surface area contributed by atoms with Gasteiger partial charge in [-0.1, -0.05) is 24.4 Å². The normalized spacial score (nSPS) is 15.9. The maximum absolute atomic E-state index is 5.96. The molecule has 1 aliphatic carbocycles. The maximum Gasteiger partial charge on any atom is 0.239 e. The molecule has 0 amide bonds. The van der Waals surface area contributed by atoms with E-state index < -0.39 is 0 Å². The zero-order valence-electron chi connectivity index (χ0n) is 10.2. The number of nitrogens with two attached hydrogens (primary N) is 1. The number of halogens is 1. The lowest BCUT2D eigenvalue weighted by Crippen LogP contribution is -2.17. The highest BCUT2D eigenvalue weighted by Crippen LogP contribution is 2.21. The Morgan fingerprint density at radius 3 is 2.94 bits per heavy atom. The quantitative estimate of drug-likeness (QED) is 0.415. The molecule has 100 valence electrons. The van der Waals surface area contributed by atoms with Crippen molar-refractivity contribution in [1.82, 2.24) is 9.97 Å². The molecule has 6 nitrogen and oxygen atoms in total. The summed E-state index contributed by atoms with van der Waals surface area (Å²) in [7, 11) is 0. The molecular formula is C11H18ClN5O. The van der Waals surface area contributed by atoms with Crippen LogP contribution in [0, 0.1) is 0 Å². The fourth-order valence-electron chi connectivity index (χ4n) is 2.01. The Hall–Kier alpha value is -1.11. The Balaban J connectivity index is 1.75. The van der Waals surface area contributed by atoms with E-state index in [0.717, 1.165) is 0 Å². The summed E-state index contributed by atoms with van der Waals surface area (Å²) in [4.78, 5) is 8.01. The van der Waals surface area contributed by atoms with E-state index >= 15 is 0 Å². The van der Waals surface area contributed by atoms with Crippen molar-refractivity contribution in [3.63, 3.8) is 0 Å². The zero-order chi connectivity index (χ0) is 12.8. The van der Waals surface area contributed by atoms with E-state index in [2.05, 4.69) is 20.7 Å². The summed E-state index contributed by atoms with van der Waals surface area (Å²) in [5.74, 6) is 6.13. The van der Waals surface area contributed by atoms with Crippen LogP contribution in [-0.4, -0.2) is 29.2 Å². The van der Waals surface area contributed by atoms with Gasteiger partial charge < -0.3 is 10.1 Å². The number of nitrogens with one attached hydrogen (secondary N) is 2. The predicted molar refractivity (Wildman–Crippen MR) is 71.5 cm³/mol. The molecule has 1 saturated carbocycles. The van der Waals surface area contributed by atoms with E-state index in [1.54, 1.807) is 0 Å². The Labute approximate surface area is 111 Å². The van der Waals surface area contributed by atoms with E-state index in [9.17, 15) is 0 Å². The molecule has 1 aromatic rings. The first-order chi connectivity index (χ1) is 8.79. The van der Waals surface area contributed by atoms with Crippen LogP contribution in [0.2, 0.25) is 5.02 Å². The minimum atomic E-state index is 0.332. The van der Waals surface area contributed by atoms with Gasteiger partial charge in [0.15, 0.2) is 5.82 Å². The molecule has 7 heteroatoms. The van der Waals surface area contributed by atoms with Crippen LogP contribution in [0.1, 0.15) is 25.7 Å². The molecule has 1 fully saturated rings. The number of ether oxygens (including phenoxy) is 1. The second-order valence-corrected chi connectivity index (χ2v) is 4.65. The first-order valence-corrected chi connectivity index (χ1v) is 6.52. The highest BCUT2D eigenvalue weighted by atomic mass is 35.5. The minimum absolute atomic E-state index is 0.332. The average molecular weight is 272 g/mol. The van der Waals surface area contributed by atoms with Gasteiger partial charge in [-0.3, -0.25) is 5.43 Å². The second kappa shape index (κ2) is 6.72. The number of aromatic nitrogens is 2. The van der Waals surface area contributed by atoms with E-state index in [1.807, 2.05) is 0 Å². The van der Waals surface area contributed by atoms with Crippen LogP contribution in [0.5, 0.6) is 0 Å². The molecule has 0 unspecified atom stereocenters. The van der Waals surface area contributed by atoms with Crippen LogP contribution in [0.4, 0.5) is 11.8 Å². The van der Waals surface area contributed by atoms with Gasteiger partial charge in [0.05, 0.1) is 18.9 Å². The van der Waals surface area contributed by atoms with Crippen molar-refractivity contribution in [2.45, 2.75) is 31.8 Å². The van der Waals surface area contributed by atoms with Gasteiger partial charge in [0, 0.05) is 6.54 Å². The smallest absolute Gasteiger partial charge is 0.239 e. The maximum atomic E-state index is 5.96. The van der Waals surface area contributed by atoms with Gasteiger partial charge in [-0.25, -0.2) is 10.8 Å². The molecule has 0 aromatic carbocycles. The molecule has 4 N–H and O–H groups in total. The first-order valence-electron chi connectivity index (χ1n) is 6.14. The number of hydrogen-bond acceptors (Lipinski definition) is 6. The van der Waals surface area contributed by atoms with Crippen molar-refractivity contribution < 1.29 is 4.74 Å². The molecule has 0 spiro atoms. The Kier molecular flexibility index (Phi) is 4.98. The number of nitrogen functional groups attached to an aromatic ring is 1. The molecule has 1 heterocycles. The summed E-state index contributed by atoms with van der Waals surface area (Å²) in [5, 5.41) is 3.58. The highest BCUT2D eigenvalue weighted by Gasteiger charge is 2.14. The number of hydrazine groups is 1. The van der Waals surface area contributed by atoms with Crippen molar-refractivity contribution in [2.24, 2.45) is 5.84 Å². The van der Waals surface area contributed by atoms with Crippen LogP contribution in [0.15, 0.2) is 6.20 Å². The Morgan fingerprint density at radius 1 is 1.44 bits per heavy atom. The first kappa shape index (κ1) is 13.3. The molecule has 1 aliphatic rings. The summed E-state index contributed by atoms with van der Waals surface area (Å²) in [6.07, 6.45) is 6.84. The fourth-order valence-corrected chi connectivity index (χ4v) is 2.17. The van der Waals surface area contributed by atoms with E-state index in [0.29, 0.717) is 36.0 Å². The van der Waals surface area contributed by atoms with Gasteiger partial charge in [0.1, 0.15) is 5.02 Å². The molecule has 2 rings (SSSR count). The number of nitrogens with zero attached hydrogens (tertiary/aromatic N) is 2. The monoisotopic (exact) mass is 271 g/mol. The molecule has 0 saturated heterocycles. The lowest BCUT2D eigenvalue weighted by Gasteiger charge is -2.12. The van der Waals surface area contributed by atoms with Crippen molar-refractivity contribution >= 4 is 23.4 Å². The summed E-state index contributed by atoms with van der Waals surface area (Å²) in [6, 6.07) is 0. The van der Waals surface area contributed by atoms with Gasteiger partial charge in [-0.15, -0.1) is 0 Å². The zero-order valence-corrected chi connectivity index (χ0v) is 10.9. The second-order valence-electron chi connectivity index (χ2n) is 4.24. The minimum Gasteiger partial charge on any atom is -0.376 e. The van der Waals surface area contributed by atoms with E-state index in [1.165, 1.54) is 31.9 Å². The van der Waals surface area contributed by atoms with Crippen LogP contribution in [0.3, 0.4) is 0 Å². The van der Waals surface area contributed by atoms with E-state index in [4.69, 9.17) is 22.2 Å². The summed E-state index contributed by atoms with van der Waals surface area (Å²) >= 11 is 5.96. The SMILES string of the molecule is NNc1ncc(Cl)c(NCCOC2CCCC2)n1. The third kappa shape index (κ3) is 3.69. The van der Waals surface area contributed by atoms with Crippen LogP contribution >= 0.6 is 11.6 Å². The summed E-state index contributed by atoms with van der Waals surface area (Å²) in [5.41, 5.74) is 2.38. The number of rotatable bonds is 6. The fraction of sp³-hybridized carbons (Fsp3) is 0.636. The number of anilines is 2. The Bertz CT molecular complexity index is 384. The lowest BCUT2D eigenvalue weighted by atomic mass is 10.3. The van der Waals surface area contributed by atoms with Crippen LogP contribution in [0.25, 0.3) is 0 Å². The molecule has 1 aromatic heterocycles. The van der Waals surface area contributed by atoms with Crippen molar-refractivity contribution in [3.05, 3.63) is 11.2 Å². The van der Waals surface area contributed by atoms with Gasteiger partial charge >= 0.3 is 0 Å². The van der Waals surface area contributed by atoms with E-state index in [-0.39, 0.29) is 0 Å². The van der Waals surface area contributed by atoms with Gasteiger partial charge in [0.2, 0.25) is 5.95 Å². The average Bonchev–Trinajstić information content (AvgIpc) is 2.89. The van der Waals surface area contributed by atoms with Crippen molar-refractivity contribution in [2.75, 3.05) is 23.9 Å². The standard InChI is InChI=1S/C11H18ClN5O/c12-9-7-15-11(17-13)16-10(9)14-5-6-18-8-3-1-2-4-8/h7-8H,1-6,13H2,(H2,14,15,16,17). The molecule has 0 radical (unpaired) electrons.